The molecule has 1 aromatic rings. The number of pyridine rings is 1. The van der Waals surface area contributed by atoms with Gasteiger partial charge in [0.2, 0.25) is 0 Å². The highest BCUT2D eigenvalue weighted by Crippen LogP contribution is 2.30. The molecule has 2 rings (SSSR count). The van der Waals surface area contributed by atoms with E-state index in [2.05, 4.69) is 4.98 Å². The van der Waals surface area contributed by atoms with Gasteiger partial charge < -0.3 is 14.2 Å². The Hall–Kier alpha value is -2.38. The van der Waals surface area contributed by atoms with Gasteiger partial charge in [0.15, 0.2) is 11.6 Å². The predicted molar refractivity (Wildman–Crippen MR) is 88.3 cm³/mol. The third-order valence-corrected chi connectivity index (χ3v) is 2.96. The Morgan fingerprint density at radius 2 is 1.64 bits per heavy atom. The molecule has 0 unspecified atom stereocenters. The van der Waals surface area contributed by atoms with E-state index in [0.717, 1.165) is 6.07 Å². The van der Waals surface area contributed by atoms with Crippen molar-refractivity contribution in [3.05, 3.63) is 17.6 Å². The van der Waals surface area contributed by atoms with Crippen molar-refractivity contribution in [2.24, 2.45) is 0 Å². The molecule has 0 aliphatic carbocycles. The first kappa shape index (κ1) is 19.0. The number of fused-ring (bicyclic) bond motifs is 1. The van der Waals surface area contributed by atoms with E-state index in [1.807, 2.05) is 0 Å². The molecular weight excluding hydrogens is 331 g/mol. The van der Waals surface area contributed by atoms with Crippen molar-refractivity contribution in [1.82, 2.24) is 4.98 Å². The first-order chi connectivity index (χ1) is 11.4. The van der Waals surface area contributed by atoms with Gasteiger partial charge in [-0.25, -0.2) is 19.0 Å². The molecule has 25 heavy (non-hydrogen) atoms. The Balaban J connectivity index is 2.44. The maximum Gasteiger partial charge on any atom is 0.425 e. The SMILES string of the molecule is CC(C)(C)OC(=O)N(C(=O)OC(C)(C)C)c1nc2c(cc1F)OCC2. The normalized spacial score (nSPS) is 13.7. The van der Waals surface area contributed by atoms with E-state index in [4.69, 9.17) is 14.2 Å². The number of aromatic nitrogens is 1. The molecule has 0 spiro atoms. The van der Waals surface area contributed by atoms with Crippen molar-refractivity contribution in [3.63, 3.8) is 0 Å². The zero-order chi connectivity index (χ0) is 19.0. The van der Waals surface area contributed by atoms with Gasteiger partial charge in [0.1, 0.15) is 17.0 Å². The number of hydrogen-bond acceptors (Lipinski definition) is 6. The summed E-state index contributed by atoms with van der Waals surface area (Å²) in [5, 5.41) is 0. The molecule has 1 aromatic heterocycles. The molecule has 1 aliphatic rings. The van der Waals surface area contributed by atoms with Crippen LogP contribution in [0.5, 0.6) is 5.75 Å². The summed E-state index contributed by atoms with van der Waals surface area (Å²) >= 11 is 0. The Kier molecular flexibility index (Phi) is 4.92. The summed E-state index contributed by atoms with van der Waals surface area (Å²) in [6, 6.07) is 1.10. The van der Waals surface area contributed by atoms with Gasteiger partial charge in [-0.2, -0.15) is 4.90 Å². The standard InChI is InChI=1S/C17H23FN2O5/c1-16(2,3)24-14(21)20(15(22)25-17(4,5)6)13-10(18)9-12-11(19-13)7-8-23-12/h9H,7-8H2,1-6H3. The largest absolute Gasteiger partial charge is 0.491 e. The lowest BCUT2D eigenvalue weighted by Gasteiger charge is -2.28. The number of ether oxygens (including phenoxy) is 3. The van der Waals surface area contributed by atoms with Gasteiger partial charge in [0.25, 0.3) is 0 Å². The third-order valence-electron chi connectivity index (χ3n) is 2.96. The molecule has 138 valence electrons. The van der Waals surface area contributed by atoms with E-state index in [-0.39, 0.29) is 0 Å². The second kappa shape index (κ2) is 6.50. The molecule has 0 bridgehead atoms. The van der Waals surface area contributed by atoms with Gasteiger partial charge in [-0.1, -0.05) is 0 Å². The fraction of sp³-hybridized carbons (Fsp3) is 0.588. The number of halogens is 1. The lowest BCUT2D eigenvalue weighted by atomic mass is 10.2. The van der Waals surface area contributed by atoms with E-state index in [9.17, 15) is 14.0 Å². The summed E-state index contributed by atoms with van der Waals surface area (Å²) in [5.41, 5.74) is -1.30. The number of rotatable bonds is 1. The fourth-order valence-corrected chi connectivity index (χ4v) is 2.08. The average molecular weight is 354 g/mol. The smallest absolute Gasteiger partial charge is 0.425 e. The van der Waals surface area contributed by atoms with Crippen LogP contribution in [0, 0.1) is 5.82 Å². The van der Waals surface area contributed by atoms with E-state index in [0.29, 0.717) is 29.4 Å². The van der Waals surface area contributed by atoms with Gasteiger partial charge in [0, 0.05) is 12.5 Å². The second-order valence-electron chi connectivity index (χ2n) is 7.63. The van der Waals surface area contributed by atoms with Crippen molar-refractivity contribution >= 4 is 18.0 Å². The molecule has 0 aromatic carbocycles. The number of carbonyl (C=O) groups is 2. The van der Waals surface area contributed by atoms with Crippen LogP contribution in [-0.4, -0.2) is 35.0 Å². The van der Waals surface area contributed by atoms with Crippen LogP contribution in [0.4, 0.5) is 19.8 Å². The zero-order valence-corrected chi connectivity index (χ0v) is 15.3. The van der Waals surface area contributed by atoms with Gasteiger partial charge >= 0.3 is 12.2 Å². The molecule has 1 aliphatic heterocycles. The number of anilines is 1. The van der Waals surface area contributed by atoms with E-state index in [1.54, 1.807) is 41.5 Å². The summed E-state index contributed by atoms with van der Waals surface area (Å²) in [6.07, 6.45) is -1.67. The highest BCUT2D eigenvalue weighted by molar-refractivity contribution is 6.08. The van der Waals surface area contributed by atoms with Crippen molar-refractivity contribution in [1.29, 1.82) is 0 Å². The highest BCUT2D eigenvalue weighted by Gasteiger charge is 2.36. The van der Waals surface area contributed by atoms with E-state index in [1.165, 1.54) is 0 Å². The molecule has 8 heteroatoms. The minimum atomic E-state index is -1.06. The van der Waals surface area contributed by atoms with Crippen LogP contribution in [0.25, 0.3) is 0 Å². The van der Waals surface area contributed by atoms with E-state index < -0.39 is 35.0 Å². The Morgan fingerprint density at radius 3 is 2.12 bits per heavy atom. The van der Waals surface area contributed by atoms with Crippen LogP contribution in [0.15, 0.2) is 6.07 Å². The van der Waals surface area contributed by atoms with Gasteiger partial charge in [-0.15, -0.1) is 0 Å². The van der Waals surface area contributed by atoms with Gasteiger partial charge in [-0.3, -0.25) is 0 Å². The first-order valence-corrected chi connectivity index (χ1v) is 7.96. The zero-order valence-electron chi connectivity index (χ0n) is 15.3. The number of nitrogens with zero attached hydrogens (tertiary/aromatic N) is 2. The monoisotopic (exact) mass is 354 g/mol. The lowest BCUT2D eigenvalue weighted by molar-refractivity contribution is 0.0427. The van der Waals surface area contributed by atoms with Gasteiger partial charge in [0.05, 0.1) is 12.3 Å². The summed E-state index contributed by atoms with van der Waals surface area (Å²) in [6.45, 7) is 10.2. The van der Waals surface area contributed by atoms with Crippen molar-refractivity contribution in [2.75, 3.05) is 11.5 Å². The molecule has 0 saturated heterocycles. The highest BCUT2D eigenvalue weighted by atomic mass is 19.1. The van der Waals surface area contributed by atoms with Crippen LogP contribution in [0.2, 0.25) is 0 Å². The minimum absolute atomic E-state index is 0.301. The maximum absolute atomic E-state index is 14.5. The minimum Gasteiger partial charge on any atom is -0.491 e. The van der Waals surface area contributed by atoms with Crippen LogP contribution in [-0.2, 0) is 15.9 Å². The van der Waals surface area contributed by atoms with Crippen LogP contribution in [0.3, 0.4) is 0 Å². The average Bonchev–Trinajstić information content (AvgIpc) is 2.81. The molecule has 7 nitrogen and oxygen atoms in total. The fourth-order valence-electron chi connectivity index (χ4n) is 2.08. The second-order valence-corrected chi connectivity index (χ2v) is 7.63. The van der Waals surface area contributed by atoms with Gasteiger partial charge in [-0.05, 0) is 41.5 Å². The summed E-state index contributed by atoms with van der Waals surface area (Å²) in [7, 11) is 0. The summed E-state index contributed by atoms with van der Waals surface area (Å²) in [5.74, 6) is -1.04. The molecule has 2 heterocycles. The molecule has 0 N–H and O–H groups in total. The Bertz CT molecular complexity index is 664. The summed E-state index contributed by atoms with van der Waals surface area (Å²) in [4.78, 5) is 29.6. The third kappa shape index (κ3) is 4.80. The quantitative estimate of drug-likeness (QED) is 0.763. The van der Waals surface area contributed by atoms with Crippen molar-refractivity contribution < 1.29 is 28.2 Å². The summed E-state index contributed by atoms with van der Waals surface area (Å²) < 4.78 is 30.1. The van der Waals surface area contributed by atoms with Crippen LogP contribution in [0.1, 0.15) is 47.2 Å². The van der Waals surface area contributed by atoms with Crippen molar-refractivity contribution in [3.8, 4) is 5.75 Å². The number of hydrogen-bond donors (Lipinski definition) is 0. The lowest BCUT2D eigenvalue weighted by Crippen LogP contribution is -2.44. The molecule has 2 amide bonds. The topological polar surface area (TPSA) is 78.0 Å². The van der Waals surface area contributed by atoms with E-state index >= 15 is 0 Å². The van der Waals surface area contributed by atoms with Crippen LogP contribution >= 0.6 is 0 Å². The first-order valence-electron chi connectivity index (χ1n) is 7.96. The number of imide groups is 1. The predicted octanol–water partition coefficient (Wildman–Crippen LogP) is 3.83. The molecule has 0 atom stereocenters. The molecule has 0 saturated carbocycles. The van der Waals surface area contributed by atoms with Crippen LogP contribution < -0.4 is 9.64 Å². The molecule has 0 radical (unpaired) electrons. The van der Waals surface area contributed by atoms with Crippen molar-refractivity contribution in [2.45, 2.75) is 59.2 Å². The number of amides is 2. The molecular formula is C17H23FN2O5. The maximum atomic E-state index is 14.5. The number of carbonyl (C=O) groups excluding carboxylic acids is 2. The Labute approximate surface area is 146 Å². The molecule has 0 fully saturated rings. The Morgan fingerprint density at radius 1 is 1.12 bits per heavy atom.